The molecule has 0 spiro atoms. The van der Waals surface area contributed by atoms with E-state index >= 15 is 0 Å². The molecule has 8 heteroatoms. The van der Waals surface area contributed by atoms with E-state index in [2.05, 4.69) is 27.2 Å². The van der Waals surface area contributed by atoms with Crippen molar-refractivity contribution in [3.8, 4) is 10.6 Å². The zero-order chi connectivity index (χ0) is 19.5. The van der Waals surface area contributed by atoms with Crippen LogP contribution in [0, 0.1) is 0 Å². The first-order valence-corrected chi connectivity index (χ1v) is 10.2. The summed E-state index contributed by atoms with van der Waals surface area (Å²) in [5.74, 6) is 0.979. The van der Waals surface area contributed by atoms with Gasteiger partial charge in [0.25, 0.3) is 0 Å². The first-order valence-electron chi connectivity index (χ1n) is 9.32. The smallest absolute Gasteiger partial charge is 0.317 e. The number of hydrogen-bond acceptors (Lipinski definition) is 5. The summed E-state index contributed by atoms with van der Waals surface area (Å²) in [4.78, 5) is 25.9. The number of carbonyl (C=O) groups is 1. The van der Waals surface area contributed by atoms with Gasteiger partial charge in [-0.3, -0.25) is 4.90 Å². The zero-order valence-electron chi connectivity index (χ0n) is 16.1. The van der Waals surface area contributed by atoms with E-state index in [0.717, 1.165) is 28.6 Å². The second kappa shape index (κ2) is 8.12. The number of likely N-dealkylation sites (N-methyl/N-ethyl adjacent to an activating group) is 1. The van der Waals surface area contributed by atoms with E-state index in [1.54, 1.807) is 17.5 Å². The van der Waals surface area contributed by atoms with E-state index in [-0.39, 0.29) is 12.1 Å². The average Bonchev–Trinajstić information content (AvgIpc) is 3.36. The van der Waals surface area contributed by atoms with Crippen LogP contribution in [0.3, 0.4) is 0 Å². The lowest BCUT2D eigenvalue weighted by molar-refractivity contribution is 0.104. The minimum Gasteiger partial charge on any atom is -0.337 e. The van der Waals surface area contributed by atoms with E-state index in [1.165, 1.54) is 0 Å². The van der Waals surface area contributed by atoms with Gasteiger partial charge < -0.3 is 14.8 Å². The van der Waals surface area contributed by atoms with Crippen LogP contribution in [0.15, 0.2) is 48.1 Å². The summed E-state index contributed by atoms with van der Waals surface area (Å²) in [6, 6.07) is 10.1. The molecule has 3 heterocycles. The van der Waals surface area contributed by atoms with Gasteiger partial charge in [-0.05, 0) is 7.05 Å². The van der Waals surface area contributed by atoms with Crippen molar-refractivity contribution >= 4 is 17.4 Å². The molecule has 0 bridgehead atoms. The number of urea groups is 1. The van der Waals surface area contributed by atoms with Gasteiger partial charge in [-0.1, -0.05) is 30.3 Å². The molecule has 3 aromatic rings. The Morgan fingerprint density at radius 1 is 1.25 bits per heavy atom. The third kappa shape index (κ3) is 3.93. The number of nitrogens with one attached hydrogen (secondary N) is 1. The van der Waals surface area contributed by atoms with Crippen molar-refractivity contribution < 1.29 is 4.79 Å². The average molecular weight is 397 g/mol. The Morgan fingerprint density at radius 3 is 2.82 bits per heavy atom. The molecular formula is C20H24N6OS. The number of hydrogen-bond donors (Lipinski definition) is 1. The lowest BCUT2D eigenvalue weighted by Gasteiger charge is -2.38. The van der Waals surface area contributed by atoms with Crippen molar-refractivity contribution in [3.05, 3.63) is 59.6 Å². The van der Waals surface area contributed by atoms with Crippen LogP contribution in [0.1, 0.15) is 17.6 Å². The maximum atomic E-state index is 12.7. The van der Waals surface area contributed by atoms with Gasteiger partial charge in [-0.15, -0.1) is 11.3 Å². The molecule has 2 aromatic heterocycles. The molecule has 1 aliphatic rings. The zero-order valence-corrected chi connectivity index (χ0v) is 16.9. The van der Waals surface area contributed by atoms with Crippen molar-refractivity contribution in [2.75, 3.05) is 26.7 Å². The molecule has 1 aliphatic heterocycles. The number of imidazole rings is 1. The number of benzene rings is 1. The molecule has 0 aliphatic carbocycles. The highest BCUT2D eigenvalue weighted by atomic mass is 32.1. The number of nitrogens with zero attached hydrogens (tertiary/aromatic N) is 5. The molecule has 0 radical (unpaired) electrons. The first-order chi connectivity index (χ1) is 13.6. The van der Waals surface area contributed by atoms with Gasteiger partial charge in [-0.2, -0.15) is 0 Å². The van der Waals surface area contributed by atoms with E-state index < -0.39 is 0 Å². The molecule has 146 valence electrons. The predicted octanol–water partition coefficient (Wildman–Crippen LogP) is 2.74. The monoisotopic (exact) mass is 396 g/mol. The fourth-order valence-corrected chi connectivity index (χ4v) is 4.24. The standard InChI is InChI=1S/C20H24N6OS/c1-24-10-11-26(13-17(24)18-21-8-9-25(18)2)20(27)22-12-16-14-28-19(23-16)15-6-4-3-5-7-15/h3-9,14,17H,10-13H2,1-2H3,(H,22,27). The molecule has 28 heavy (non-hydrogen) atoms. The van der Waals surface area contributed by atoms with Crippen LogP contribution in [0.5, 0.6) is 0 Å². The molecule has 4 rings (SSSR count). The van der Waals surface area contributed by atoms with Crippen LogP contribution in [-0.4, -0.2) is 57.0 Å². The van der Waals surface area contributed by atoms with E-state index in [1.807, 2.05) is 58.4 Å². The van der Waals surface area contributed by atoms with Crippen LogP contribution in [0.25, 0.3) is 10.6 Å². The van der Waals surface area contributed by atoms with Gasteiger partial charge >= 0.3 is 6.03 Å². The Hall–Kier alpha value is -2.71. The predicted molar refractivity (Wildman–Crippen MR) is 110 cm³/mol. The molecular weight excluding hydrogens is 372 g/mol. The van der Waals surface area contributed by atoms with E-state index in [0.29, 0.717) is 19.6 Å². The summed E-state index contributed by atoms with van der Waals surface area (Å²) in [6.45, 7) is 2.58. The largest absolute Gasteiger partial charge is 0.337 e. The van der Waals surface area contributed by atoms with Gasteiger partial charge in [0.15, 0.2) is 0 Å². The molecule has 1 unspecified atom stereocenters. The third-order valence-electron chi connectivity index (χ3n) is 5.08. The summed E-state index contributed by atoms with van der Waals surface area (Å²) in [5.41, 5.74) is 1.98. The lowest BCUT2D eigenvalue weighted by atomic mass is 10.1. The molecule has 2 amide bonds. The Bertz CT molecular complexity index is 937. The Labute approximate surface area is 168 Å². The maximum Gasteiger partial charge on any atom is 0.317 e. The Balaban J connectivity index is 1.36. The number of amides is 2. The number of piperazine rings is 1. The van der Waals surface area contributed by atoms with E-state index in [4.69, 9.17) is 0 Å². The highest BCUT2D eigenvalue weighted by molar-refractivity contribution is 7.13. The highest BCUT2D eigenvalue weighted by Crippen LogP contribution is 2.24. The van der Waals surface area contributed by atoms with Crippen molar-refractivity contribution in [1.29, 1.82) is 0 Å². The molecule has 1 aromatic carbocycles. The SMILES string of the molecule is CN1CCN(C(=O)NCc2csc(-c3ccccc3)n2)CC1c1nccn1C. The quantitative estimate of drug-likeness (QED) is 0.736. The summed E-state index contributed by atoms with van der Waals surface area (Å²) in [7, 11) is 4.07. The van der Waals surface area contributed by atoms with Crippen LogP contribution in [0.2, 0.25) is 0 Å². The van der Waals surface area contributed by atoms with Crippen LogP contribution in [0.4, 0.5) is 4.79 Å². The second-order valence-electron chi connectivity index (χ2n) is 7.01. The number of carbonyl (C=O) groups excluding carboxylic acids is 1. The summed E-state index contributed by atoms with van der Waals surface area (Å²) in [6.07, 6.45) is 3.74. The van der Waals surface area contributed by atoms with Crippen LogP contribution < -0.4 is 5.32 Å². The summed E-state index contributed by atoms with van der Waals surface area (Å²) >= 11 is 1.60. The number of aryl methyl sites for hydroxylation is 1. The third-order valence-corrected chi connectivity index (χ3v) is 6.03. The highest BCUT2D eigenvalue weighted by Gasteiger charge is 2.30. The van der Waals surface area contributed by atoms with Gasteiger partial charge in [0.2, 0.25) is 0 Å². The normalized spacial score (nSPS) is 17.6. The van der Waals surface area contributed by atoms with E-state index in [9.17, 15) is 4.79 Å². The van der Waals surface area contributed by atoms with Crippen molar-refractivity contribution in [1.82, 2.24) is 29.7 Å². The fraction of sp³-hybridized carbons (Fsp3) is 0.350. The van der Waals surface area contributed by atoms with Crippen LogP contribution in [-0.2, 0) is 13.6 Å². The Morgan fingerprint density at radius 2 is 2.07 bits per heavy atom. The van der Waals surface area contributed by atoms with Gasteiger partial charge in [0.1, 0.15) is 10.8 Å². The summed E-state index contributed by atoms with van der Waals surface area (Å²) in [5, 5.41) is 5.99. The van der Waals surface area contributed by atoms with Gasteiger partial charge in [0, 0.05) is 50.0 Å². The topological polar surface area (TPSA) is 66.3 Å². The molecule has 1 N–H and O–H groups in total. The maximum absolute atomic E-state index is 12.7. The van der Waals surface area contributed by atoms with Gasteiger partial charge in [0.05, 0.1) is 18.3 Å². The van der Waals surface area contributed by atoms with Crippen molar-refractivity contribution in [2.45, 2.75) is 12.6 Å². The number of aromatic nitrogens is 3. The molecule has 1 saturated heterocycles. The van der Waals surface area contributed by atoms with Crippen molar-refractivity contribution in [2.24, 2.45) is 7.05 Å². The van der Waals surface area contributed by atoms with Crippen molar-refractivity contribution in [3.63, 3.8) is 0 Å². The van der Waals surface area contributed by atoms with Gasteiger partial charge in [-0.25, -0.2) is 14.8 Å². The van der Waals surface area contributed by atoms with Crippen LogP contribution >= 0.6 is 11.3 Å². The first kappa shape index (κ1) is 18.6. The fourth-order valence-electron chi connectivity index (χ4n) is 3.41. The minimum absolute atomic E-state index is 0.0541. The summed E-state index contributed by atoms with van der Waals surface area (Å²) < 4.78 is 2.02. The minimum atomic E-state index is -0.0541. The lowest BCUT2D eigenvalue weighted by Crippen LogP contribution is -2.52. The molecule has 1 atom stereocenters. The number of rotatable bonds is 4. The Kier molecular flexibility index (Phi) is 5.40. The molecule has 0 saturated carbocycles. The number of thiazole rings is 1. The molecule has 7 nitrogen and oxygen atoms in total. The molecule has 1 fully saturated rings. The second-order valence-corrected chi connectivity index (χ2v) is 7.87.